The number of ether oxygens (including phenoxy) is 2. The van der Waals surface area contributed by atoms with Crippen molar-refractivity contribution in [1.29, 1.82) is 0 Å². The quantitative estimate of drug-likeness (QED) is 0.775. The Hall–Kier alpha value is -0.960. The van der Waals surface area contributed by atoms with Crippen LogP contribution in [0.25, 0.3) is 0 Å². The van der Waals surface area contributed by atoms with Crippen molar-refractivity contribution in [2.45, 2.75) is 14.7 Å². The van der Waals surface area contributed by atoms with Gasteiger partial charge in [0.25, 0.3) is 0 Å². The highest BCUT2D eigenvalue weighted by molar-refractivity contribution is 8.02. The third-order valence-corrected chi connectivity index (χ3v) is 5.94. The van der Waals surface area contributed by atoms with Gasteiger partial charge in [-0.1, -0.05) is 40.9 Å². The first-order valence-electron chi connectivity index (χ1n) is 6.15. The van der Waals surface area contributed by atoms with Gasteiger partial charge in [0.15, 0.2) is 20.2 Å². The van der Waals surface area contributed by atoms with Crippen LogP contribution >= 0.6 is 34.9 Å². The van der Waals surface area contributed by atoms with E-state index in [2.05, 4.69) is 10.2 Å². The van der Waals surface area contributed by atoms with Crippen LogP contribution in [0.5, 0.6) is 11.5 Å². The van der Waals surface area contributed by atoms with Gasteiger partial charge in [-0.3, -0.25) is 0 Å². The van der Waals surface area contributed by atoms with Crippen LogP contribution in [0.1, 0.15) is 11.6 Å². The Bertz CT molecular complexity index is 592. The molecule has 0 aliphatic rings. The molecule has 21 heavy (non-hydrogen) atoms. The smallest absolute Gasteiger partial charge is 0.175 e. The van der Waals surface area contributed by atoms with Gasteiger partial charge in [-0.2, -0.15) is 0 Å². The van der Waals surface area contributed by atoms with E-state index in [9.17, 15) is 0 Å². The molecule has 114 valence electrons. The van der Waals surface area contributed by atoms with Crippen LogP contribution in [0.2, 0.25) is 0 Å². The van der Waals surface area contributed by atoms with Crippen LogP contribution in [0.3, 0.4) is 0 Å². The molecule has 8 heteroatoms. The fourth-order valence-electron chi connectivity index (χ4n) is 1.68. The van der Waals surface area contributed by atoms with Crippen molar-refractivity contribution in [2.24, 2.45) is 5.73 Å². The molecule has 0 fully saturated rings. The lowest BCUT2D eigenvalue weighted by atomic mass is 10.1. The van der Waals surface area contributed by atoms with Gasteiger partial charge in [0.1, 0.15) is 0 Å². The largest absolute Gasteiger partial charge is 0.493 e. The number of rotatable bonds is 7. The average Bonchev–Trinajstić information content (AvgIpc) is 2.99. The highest BCUT2D eigenvalue weighted by Gasteiger charge is 2.12. The van der Waals surface area contributed by atoms with Crippen molar-refractivity contribution in [3.63, 3.8) is 0 Å². The van der Waals surface area contributed by atoms with Crippen LogP contribution < -0.4 is 15.2 Å². The fourth-order valence-corrected chi connectivity index (χ4v) is 4.13. The molecule has 0 aliphatic carbocycles. The monoisotopic (exact) mass is 343 g/mol. The van der Waals surface area contributed by atoms with Gasteiger partial charge in [-0.15, -0.1) is 10.2 Å². The van der Waals surface area contributed by atoms with Crippen LogP contribution in [0.15, 0.2) is 26.9 Å². The molecule has 5 nitrogen and oxygen atoms in total. The summed E-state index contributed by atoms with van der Waals surface area (Å²) in [5.41, 5.74) is 7.24. The van der Waals surface area contributed by atoms with E-state index in [4.69, 9.17) is 15.2 Å². The van der Waals surface area contributed by atoms with Crippen LogP contribution in [0.4, 0.5) is 0 Å². The Morgan fingerprint density at radius 3 is 2.52 bits per heavy atom. The molecule has 0 saturated heterocycles. The molecule has 0 spiro atoms. The van der Waals surface area contributed by atoms with E-state index >= 15 is 0 Å². The van der Waals surface area contributed by atoms with Crippen molar-refractivity contribution < 1.29 is 9.47 Å². The van der Waals surface area contributed by atoms with Crippen molar-refractivity contribution >= 4 is 34.9 Å². The normalized spacial score (nSPS) is 12.2. The first kappa shape index (κ1) is 16.4. The van der Waals surface area contributed by atoms with Gasteiger partial charge in [-0.05, 0) is 24.0 Å². The van der Waals surface area contributed by atoms with Gasteiger partial charge >= 0.3 is 0 Å². The van der Waals surface area contributed by atoms with Crippen LogP contribution in [0, 0.1) is 0 Å². The van der Waals surface area contributed by atoms with Gasteiger partial charge in [0.05, 0.1) is 14.2 Å². The molecule has 2 rings (SSSR count). The summed E-state index contributed by atoms with van der Waals surface area (Å²) < 4.78 is 12.4. The molecule has 0 saturated carbocycles. The summed E-state index contributed by atoms with van der Waals surface area (Å²) in [5, 5.41) is 8.19. The van der Waals surface area contributed by atoms with E-state index in [0.29, 0.717) is 11.5 Å². The van der Waals surface area contributed by atoms with Crippen molar-refractivity contribution in [1.82, 2.24) is 10.2 Å². The summed E-state index contributed by atoms with van der Waals surface area (Å²) in [6, 6.07) is 5.64. The molecule has 1 aromatic carbocycles. The first-order chi connectivity index (χ1) is 10.2. The summed E-state index contributed by atoms with van der Waals surface area (Å²) in [5.74, 6) is 2.13. The van der Waals surface area contributed by atoms with E-state index in [1.54, 1.807) is 49.1 Å². The predicted molar refractivity (Wildman–Crippen MR) is 88.9 cm³/mol. The molecule has 0 bridgehead atoms. The lowest BCUT2D eigenvalue weighted by Crippen LogP contribution is -2.13. The summed E-state index contributed by atoms with van der Waals surface area (Å²) in [7, 11) is 3.24. The minimum atomic E-state index is -0.101. The van der Waals surface area contributed by atoms with Gasteiger partial charge in [-0.25, -0.2) is 0 Å². The lowest BCUT2D eigenvalue weighted by molar-refractivity contribution is 0.354. The molecule has 2 N–H and O–H groups in total. The van der Waals surface area contributed by atoms with Crippen molar-refractivity contribution in [2.75, 3.05) is 26.2 Å². The molecular formula is C13H17N3O2S3. The second-order valence-electron chi connectivity index (χ2n) is 4.07. The van der Waals surface area contributed by atoms with E-state index in [1.807, 2.05) is 24.5 Å². The topological polar surface area (TPSA) is 70.3 Å². The minimum absolute atomic E-state index is 0.101. The SMILES string of the molecule is COc1ccc(C(N)CSc2nnc(SC)s2)cc1OC. The van der Waals surface area contributed by atoms with E-state index in [-0.39, 0.29) is 6.04 Å². The maximum Gasteiger partial charge on any atom is 0.175 e. The average molecular weight is 343 g/mol. The molecule has 1 heterocycles. The Labute approximate surface area is 136 Å². The molecule has 1 atom stereocenters. The molecule has 1 unspecified atom stereocenters. The number of hydrogen-bond acceptors (Lipinski definition) is 8. The number of benzene rings is 1. The fraction of sp³-hybridized carbons (Fsp3) is 0.385. The number of aromatic nitrogens is 2. The highest BCUT2D eigenvalue weighted by Crippen LogP contribution is 2.32. The Kier molecular flexibility index (Phi) is 6.16. The predicted octanol–water partition coefficient (Wildman–Crippen LogP) is 3.07. The summed E-state index contributed by atoms with van der Waals surface area (Å²) in [6.07, 6.45) is 1.99. The summed E-state index contributed by atoms with van der Waals surface area (Å²) in [4.78, 5) is 0. The zero-order valence-electron chi connectivity index (χ0n) is 12.0. The summed E-state index contributed by atoms with van der Waals surface area (Å²) >= 11 is 4.80. The van der Waals surface area contributed by atoms with Crippen molar-refractivity contribution in [3.8, 4) is 11.5 Å². The van der Waals surface area contributed by atoms with E-state index in [1.165, 1.54) is 0 Å². The zero-order valence-corrected chi connectivity index (χ0v) is 14.5. The first-order valence-corrected chi connectivity index (χ1v) is 9.18. The van der Waals surface area contributed by atoms with Gasteiger partial charge in [0.2, 0.25) is 0 Å². The highest BCUT2D eigenvalue weighted by atomic mass is 32.2. The molecule has 0 radical (unpaired) electrons. The minimum Gasteiger partial charge on any atom is -0.493 e. The lowest BCUT2D eigenvalue weighted by Gasteiger charge is -2.14. The third-order valence-electron chi connectivity index (χ3n) is 2.78. The van der Waals surface area contributed by atoms with Crippen LogP contribution in [-0.2, 0) is 0 Å². The summed E-state index contributed by atoms with van der Waals surface area (Å²) in [6.45, 7) is 0. The second-order valence-corrected chi connectivity index (χ2v) is 7.37. The Morgan fingerprint density at radius 1 is 1.19 bits per heavy atom. The molecule has 1 aromatic heterocycles. The van der Waals surface area contributed by atoms with Crippen molar-refractivity contribution in [3.05, 3.63) is 23.8 Å². The van der Waals surface area contributed by atoms with E-state index < -0.39 is 0 Å². The zero-order chi connectivity index (χ0) is 15.2. The van der Waals surface area contributed by atoms with Gasteiger partial charge in [0, 0.05) is 11.8 Å². The Morgan fingerprint density at radius 2 is 1.90 bits per heavy atom. The number of hydrogen-bond donors (Lipinski definition) is 1. The molecule has 0 amide bonds. The maximum atomic E-state index is 6.23. The van der Waals surface area contributed by atoms with E-state index in [0.717, 1.165) is 20.0 Å². The second kappa shape index (κ2) is 7.88. The maximum absolute atomic E-state index is 6.23. The molecule has 2 aromatic rings. The number of methoxy groups -OCH3 is 2. The number of nitrogens with two attached hydrogens (primary N) is 1. The molecular weight excluding hydrogens is 326 g/mol. The number of nitrogens with zero attached hydrogens (tertiary/aromatic N) is 2. The van der Waals surface area contributed by atoms with Crippen LogP contribution in [-0.4, -0.2) is 36.4 Å². The molecule has 0 aliphatic heterocycles. The number of thioether (sulfide) groups is 2. The standard InChI is InChI=1S/C13H17N3O2S3/c1-17-10-5-4-8(6-11(10)18-2)9(14)7-20-13-16-15-12(19-3)21-13/h4-6,9H,7,14H2,1-3H3. The Balaban J connectivity index is 2.01. The van der Waals surface area contributed by atoms with Gasteiger partial charge < -0.3 is 15.2 Å². The third kappa shape index (κ3) is 4.26.